The predicted octanol–water partition coefficient (Wildman–Crippen LogP) is -1.46. The van der Waals surface area contributed by atoms with Gasteiger partial charge in [0, 0.05) is 0 Å². The molecule has 5 nitrogen and oxygen atoms in total. The molecule has 0 heterocycles. The van der Waals surface area contributed by atoms with Crippen molar-refractivity contribution in [1.29, 1.82) is 0 Å². The first-order valence-electron chi connectivity index (χ1n) is 4.74. The van der Waals surface area contributed by atoms with E-state index in [9.17, 15) is 16.8 Å². The molecule has 8 heteroatoms. The predicted molar refractivity (Wildman–Crippen MR) is 64.3 cm³/mol. The van der Waals surface area contributed by atoms with Gasteiger partial charge in [-0.3, -0.25) is 0 Å². The molecule has 0 bridgehead atoms. The topological polar surface area (TPSA) is 77.5 Å². The van der Waals surface area contributed by atoms with Gasteiger partial charge in [-0.1, -0.05) is 31.7 Å². The molecule has 0 aromatic heterocycles. The normalized spacial score (nSPS) is 11.6. The molecular weight excluding hydrogens is 287 g/mol. The first-order chi connectivity index (χ1) is 7.82. The maximum Gasteiger partial charge on any atom is 1.00 e. The van der Waals surface area contributed by atoms with Crippen LogP contribution in [0.4, 0.5) is 0 Å². The van der Waals surface area contributed by atoms with Crippen LogP contribution in [0, 0.1) is 0 Å². The maximum absolute atomic E-state index is 11.7. The SMILES string of the molecule is C=CS(=O)(=O)OS(=O)(=O)c1ccccc1CC.[H-].[Na+]. The summed E-state index contributed by atoms with van der Waals surface area (Å²) in [5.74, 6) is 0. The number of rotatable bonds is 5. The van der Waals surface area contributed by atoms with E-state index in [1.165, 1.54) is 12.1 Å². The summed E-state index contributed by atoms with van der Waals surface area (Å²) in [6.07, 6.45) is 0.451. The monoisotopic (exact) mass is 300 g/mol. The first kappa shape index (κ1) is 17.8. The fraction of sp³-hybridized carbons (Fsp3) is 0.200. The summed E-state index contributed by atoms with van der Waals surface area (Å²) >= 11 is 0. The smallest absolute Gasteiger partial charge is 1.00 e. The molecule has 1 aromatic carbocycles. The first-order valence-corrected chi connectivity index (χ1v) is 7.62. The van der Waals surface area contributed by atoms with Crippen molar-refractivity contribution >= 4 is 20.2 Å². The zero-order chi connectivity index (χ0) is 13.1. The van der Waals surface area contributed by atoms with Crippen LogP contribution in [0.2, 0.25) is 0 Å². The molecule has 0 saturated carbocycles. The summed E-state index contributed by atoms with van der Waals surface area (Å²) in [7, 11) is -8.61. The van der Waals surface area contributed by atoms with Crippen molar-refractivity contribution in [2.45, 2.75) is 18.2 Å². The van der Waals surface area contributed by atoms with Crippen LogP contribution in [0.1, 0.15) is 13.9 Å². The van der Waals surface area contributed by atoms with E-state index >= 15 is 0 Å². The van der Waals surface area contributed by atoms with Crippen molar-refractivity contribution < 1.29 is 51.4 Å². The Morgan fingerprint density at radius 1 is 1.28 bits per heavy atom. The molecule has 0 aliphatic heterocycles. The molecule has 0 spiro atoms. The maximum atomic E-state index is 11.7. The molecule has 0 aliphatic rings. The summed E-state index contributed by atoms with van der Waals surface area (Å²) in [6, 6.07) is 6.05. The Labute approximate surface area is 131 Å². The van der Waals surface area contributed by atoms with Gasteiger partial charge in [0.1, 0.15) is 0 Å². The van der Waals surface area contributed by atoms with E-state index in [1.54, 1.807) is 19.1 Å². The van der Waals surface area contributed by atoms with E-state index in [0.717, 1.165) is 0 Å². The third-order valence-corrected chi connectivity index (χ3v) is 4.83. The van der Waals surface area contributed by atoms with Crippen LogP contribution in [-0.2, 0) is 30.3 Å². The van der Waals surface area contributed by atoms with Gasteiger partial charge in [0.2, 0.25) is 0 Å². The Bertz CT molecular complexity index is 625. The summed E-state index contributed by atoms with van der Waals surface area (Å²) < 4.78 is 49.7. The van der Waals surface area contributed by atoms with Crippen molar-refractivity contribution in [1.82, 2.24) is 0 Å². The van der Waals surface area contributed by atoms with Gasteiger partial charge >= 0.3 is 49.8 Å². The summed E-state index contributed by atoms with van der Waals surface area (Å²) in [4.78, 5) is -0.145. The minimum atomic E-state index is -4.33. The second kappa shape index (κ2) is 6.83. The van der Waals surface area contributed by atoms with Crippen molar-refractivity contribution in [3.63, 3.8) is 0 Å². The summed E-state index contributed by atoms with van der Waals surface area (Å²) in [6.45, 7) is 4.74. The molecule has 0 aliphatic carbocycles. The minimum absolute atomic E-state index is 0. The zero-order valence-corrected chi connectivity index (χ0v) is 13.8. The molecule has 0 unspecified atom stereocenters. The molecule has 0 fully saturated rings. The van der Waals surface area contributed by atoms with Gasteiger partial charge in [-0.15, -0.1) is 3.63 Å². The quantitative estimate of drug-likeness (QED) is 0.621. The Balaban J connectivity index is 0. The fourth-order valence-corrected chi connectivity index (χ4v) is 3.52. The van der Waals surface area contributed by atoms with Gasteiger partial charge in [0.25, 0.3) is 0 Å². The second-order valence-corrected chi connectivity index (χ2v) is 6.35. The van der Waals surface area contributed by atoms with Gasteiger partial charge in [0.15, 0.2) is 0 Å². The van der Waals surface area contributed by atoms with E-state index < -0.39 is 20.2 Å². The fourth-order valence-electron chi connectivity index (χ4n) is 1.23. The van der Waals surface area contributed by atoms with E-state index in [4.69, 9.17) is 0 Å². The Morgan fingerprint density at radius 2 is 1.83 bits per heavy atom. The van der Waals surface area contributed by atoms with E-state index in [1.807, 2.05) is 0 Å². The van der Waals surface area contributed by atoms with Gasteiger partial charge in [-0.05, 0) is 18.1 Å². The van der Waals surface area contributed by atoms with Crippen LogP contribution in [0.25, 0.3) is 0 Å². The van der Waals surface area contributed by atoms with E-state index in [0.29, 0.717) is 17.4 Å². The zero-order valence-electron chi connectivity index (χ0n) is 11.2. The number of hydrogen-bond acceptors (Lipinski definition) is 5. The standard InChI is InChI=1S/C10H12O5S2.Na.H/c1-3-9-7-5-6-8-10(9)17(13,14)15-16(11,12)4-2;;/h4-8H,2-3H2,1H3;;/q;+1;-1. The van der Waals surface area contributed by atoms with Crippen LogP contribution in [0.15, 0.2) is 41.1 Å². The third kappa shape index (κ3) is 4.49. The number of hydrogen-bond donors (Lipinski definition) is 0. The van der Waals surface area contributed by atoms with Crippen molar-refractivity contribution in [3.8, 4) is 0 Å². The molecule has 0 saturated heterocycles. The molecule has 0 amide bonds. The molecule has 0 N–H and O–H groups in total. The van der Waals surface area contributed by atoms with Gasteiger partial charge in [0.05, 0.1) is 10.3 Å². The molecule has 1 rings (SSSR count). The van der Waals surface area contributed by atoms with Gasteiger partial charge in [-0.25, -0.2) is 0 Å². The van der Waals surface area contributed by atoms with Crippen molar-refractivity contribution in [2.75, 3.05) is 0 Å². The van der Waals surface area contributed by atoms with Gasteiger partial charge in [-0.2, -0.15) is 16.8 Å². The summed E-state index contributed by atoms with van der Waals surface area (Å²) in [5.41, 5.74) is 0.492. The Hall–Kier alpha value is -0.180. The second-order valence-electron chi connectivity index (χ2n) is 3.14. The van der Waals surface area contributed by atoms with Crippen LogP contribution in [-0.4, -0.2) is 16.8 Å². The Morgan fingerprint density at radius 3 is 2.33 bits per heavy atom. The largest absolute Gasteiger partial charge is 1.00 e. The third-order valence-electron chi connectivity index (χ3n) is 2.01. The van der Waals surface area contributed by atoms with E-state index in [-0.39, 0.29) is 35.9 Å². The summed E-state index contributed by atoms with van der Waals surface area (Å²) in [5, 5.41) is 0.444. The Kier molecular flexibility index (Phi) is 6.77. The molecule has 1 aromatic rings. The minimum Gasteiger partial charge on any atom is -1.00 e. The average molecular weight is 300 g/mol. The van der Waals surface area contributed by atoms with Crippen LogP contribution >= 0.6 is 0 Å². The molecule has 0 atom stereocenters. The van der Waals surface area contributed by atoms with Crippen LogP contribution in [0.5, 0.6) is 0 Å². The molecule has 0 radical (unpaired) electrons. The molecule has 18 heavy (non-hydrogen) atoms. The number of aryl methyl sites for hydroxylation is 1. The van der Waals surface area contributed by atoms with Crippen LogP contribution < -0.4 is 29.6 Å². The van der Waals surface area contributed by atoms with E-state index in [2.05, 4.69) is 10.2 Å². The van der Waals surface area contributed by atoms with Crippen LogP contribution in [0.3, 0.4) is 0 Å². The van der Waals surface area contributed by atoms with Gasteiger partial charge < -0.3 is 1.43 Å². The molecule has 96 valence electrons. The average Bonchev–Trinajstić information content (AvgIpc) is 2.28. The number of benzene rings is 1. The van der Waals surface area contributed by atoms with Crippen molar-refractivity contribution in [2.24, 2.45) is 0 Å². The molecular formula is C10H13NaO5S2. The van der Waals surface area contributed by atoms with Crippen molar-refractivity contribution in [3.05, 3.63) is 41.8 Å².